The Balaban J connectivity index is 2.43. The van der Waals surface area contributed by atoms with Gasteiger partial charge in [-0.15, -0.1) is 0 Å². The van der Waals surface area contributed by atoms with Crippen LogP contribution >= 0.6 is 27.5 Å². The lowest BCUT2D eigenvalue weighted by molar-refractivity contribution is 0.630. The normalized spacial score (nSPS) is 12.4. The lowest BCUT2D eigenvalue weighted by Gasteiger charge is -2.20. The molecule has 1 atom stereocenters. The molecule has 0 radical (unpaired) electrons. The molecule has 1 nitrogen and oxygen atoms in total. The molecule has 2 aromatic rings. The van der Waals surface area contributed by atoms with E-state index in [0.717, 1.165) is 21.6 Å². The molecule has 18 heavy (non-hydrogen) atoms. The van der Waals surface area contributed by atoms with Crippen molar-refractivity contribution in [1.29, 1.82) is 0 Å². The first-order valence-corrected chi connectivity index (χ1v) is 7.12. The van der Waals surface area contributed by atoms with Gasteiger partial charge >= 0.3 is 0 Å². The highest BCUT2D eigenvalue weighted by Gasteiger charge is 2.15. The van der Waals surface area contributed by atoms with Crippen molar-refractivity contribution in [3.8, 4) is 0 Å². The summed E-state index contributed by atoms with van der Waals surface area (Å²) in [5.41, 5.74) is 2.32. The molecule has 1 N–H and O–H groups in total. The Morgan fingerprint density at radius 3 is 2.61 bits per heavy atom. The molecule has 2 aromatic carbocycles. The van der Waals surface area contributed by atoms with Crippen LogP contribution < -0.4 is 5.32 Å². The number of rotatable bonds is 4. The summed E-state index contributed by atoms with van der Waals surface area (Å²) in [6, 6.07) is 16.4. The van der Waals surface area contributed by atoms with Crippen molar-refractivity contribution in [2.45, 2.75) is 13.0 Å². The maximum atomic E-state index is 6.29. The Kier molecular flexibility index (Phi) is 4.81. The van der Waals surface area contributed by atoms with Crippen LogP contribution in [0.3, 0.4) is 0 Å². The molecule has 0 aliphatic carbocycles. The topological polar surface area (TPSA) is 12.0 Å². The zero-order valence-corrected chi connectivity index (χ0v) is 12.5. The van der Waals surface area contributed by atoms with Crippen molar-refractivity contribution in [3.05, 3.63) is 69.2 Å². The third kappa shape index (κ3) is 3.14. The van der Waals surface area contributed by atoms with Gasteiger partial charge in [-0.25, -0.2) is 0 Å². The van der Waals surface area contributed by atoms with Gasteiger partial charge in [-0.2, -0.15) is 0 Å². The lowest BCUT2D eigenvalue weighted by Crippen LogP contribution is -2.22. The van der Waals surface area contributed by atoms with Crippen LogP contribution in [0.1, 0.15) is 24.1 Å². The van der Waals surface area contributed by atoms with E-state index in [1.165, 1.54) is 5.56 Å². The fraction of sp³-hybridized carbons (Fsp3) is 0.200. The standard InChI is InChI=1S/C15H15BrClN/c1-2-18-15(11-6-5-7-12(16)10-11)13-8-3-4-9-14(13)17/h3-10,15,18H,2H2,1H3. The third-order valence-corrected chi connectivity index (χ3v) is 3.64. The number of hydrogen-bond acceptors (Lipinski definition) is 1. The summed E-state index contributed by atoms with van der Waals surface area (Å²) in [7, 11) is 0. The van der Waals surface area contributed by atoms with E-state index < -0.39 is 0 Å². The smallest absolute Gasteiger partial charge is 0.0591 e. The Hall–Kier alpha value is -0.830. The van der Waals surface area contributed by atoms with Gasteiger partial charge in [-0.3, -0.25) is 0 Å². The Labute approximate surface area is 121 Å². The van der Waals surface area contributed by atoms with Crippen LogP contribution in [0.25, 0.3) is 0 Å². The van der Waals surface area contributed by atoms with Crippen molar-refractivity contribution in [1.82, 2.24) is 5.32 Å². The van der Waals surface area contributed by atoms with E-state index in [-0.39, 0.29) is 6.04 Å². The van der Waals surface area contributed by atoms with E-state index in [2.05, 4.69) is 46.4 Å². The second-order valence-corrected chi connectivity index (χ2v) is 5.39. The molecule has 0 bridgehead atoms. The fourth-order valence-corrected chi connectivity index (χ4v) is 2.67. The van der Waals surface area contributed by atoms with Crippen LogP contribution in [0, 0.1) is 0 Å². The van der Waals surface area contributed by atoms with Crippen LogP contribution in [0.5, 0.6) is 0 Å². The summed E-state index contributed by atoms with van der Waals surface area (Å²) in [5, 5.41) is 4.27. The van der Waals surface area contributed by atoms with E-state index in [9.17, 15) is 0 Å². The summed E-state index contributed by atoms with van der Waals surface area (Å²) in [5.74, 6) is 0. The second kappa shape index (κ2) is 6.37. The molecule has 0 fully saturated rings. The largest absolute Gasteiger partial charge is 0.306 e. The molecule has 0 heterocycles. The number of nitrogens with one attached hydrogen (secondary N) is 1. The molecule has 0 saturated carbocycles. The minimum absolute atomic E-state index is 0.126. The molecule has 0 amide bonds. The van der Waals surface area contributed by atoms with Crippen LogP contribution in [-0.4, -0.2) is 6.54 Å². The van der Waals surface area contributed by atoms with E-state index in [1.807, 2.05) is 30.3 Å². The van der Waals surface area contributed by atoms with Gasteiger partial charge in [0.2, 0.25) is 0 Å². The first-order valence-electron chi connectivity index (χ1n) is 5.95. The lowest BCUT2D eigenvalue weighted by atomic mass is 9.98. The molecule has 3 heteroatoms. The predicted molar refractivity (Wildman–Crippen MR) is 81.1 cm³/mol. The molecule has 0 spiro atoms. The summed E-state index contributed by atoms with van der Waals surface area (Å²) in [4.78, 5) is 0. The first kappa shape index (κ1) is 13.6. The Morgan fingerprint density at radius 1 is 1.17 bits per heavy atom. The van der Waals surface area contributed by atoms with Gasteiger partial charge in [0, 0.05) is 9.50 Å². The van der Waals surface area contributed by atoms with E-state index in [0.29, 0.717) is 0 Å². The van der Waals surface area contributed by atoms with E-state index in [1.54, 1.807) is 0 Å². The molecule has 0 saturated heterocycles. The van der Waals surface area contributed by atoms with Crippen molar-refractivity contribution >= 4 is 27.5 Å². The summed E-state index contributed by atoms with van der Waals surface area (Å²) in [6.07, 6.45) is 0. The summed E-state index contributed by atoms with van der Waals surface area (Å²) < 4.78 is 1.08. The molecule has 0 aromatic heterocycles. The van der Waals surface area contributed by atoms with Crippen molar-refractivity contribution < 1.29 is 0 Å². The van der Waals surface area contributed by atoms with Crippen molar-refractivity contribution in [3.63, 3.8) is 0 Å². The van der Waals surface area contributed by atoms with E-state index >= 15 is 0 Å². The van der Waals surface area contributed by atoms with Crippen molar-refractivity contribution in [2.24, 2.45) is 0 Å². The molecular formula is C15H15BrClN. The molecule has 2 rings (SSSR count). The first-order chi connectivity index (χ1) is 8.72. The minimum atomic E-state index is 0.126. The average Bonchev–Trinajstić information content (AvgIpc) is 2.37. The Morgan fingerprint density at radius 2 is 1.94 bits per heavy atom. The highest BCUT2D eigenvalue weighted by atomic mass is 79.9. The summed E-state index contributed by atoms with van der Waals surface area (Å²) >= 11 is 9.80. The van der Waals surface area contributed by atoms with Crippen LogP contribution in [0.2, 0.25) is 5.02 Å². The number of halogens is 2. The monoisotopic (exact) mass is 323 g/mol. The van der Waals surface area contributed by atoms with Crippen LogP contribution in [0.4, 0.5) is 0 Å². The zero-order valence-electron chi connectivity index (χ0n) is 10.2. The minimum Gasteiger partial charge on any atom is -0.306 e. The van der Waals surface area contributed by atoms with Gasteiger partial charge in [-0.05, 0) is 35.9 Å². The molecular weight excluding hydrogens is 310 g/mol. The number of benzene rings is 2. The fourth-order valence-electron chi connectivity index (χ4n) is 2.01. The predicted octanol–water partition coefficient (Wildman–Crippen LogP) is 4.80. The van der Waals surface area contributed by atoms with Crippen LogP contribution in [-0.2, 0) is 0 Å². The van der Waals surface area contributed by atoms with Gasteiger partial charge in [0.25, 0.3) is 0 Å². The van der Waals surface area contributed by atoms with Gasteiger partial charge < -0.3 is 5.32 Å². The van der Waals surface area contributed by atoms with Gasteiger partial charge in [0.15, 0.2) is 0 Å². The molecule has 0 aliphatic heterocycles. The molecule has 94 valence electrons. The zero-order chi connectivity index (χ0) is 13.0. The molecule has 1 unspecified atom stereocenters. The maximum Gasteiger partial charge on any atom is 0.0591 e. The maximum absolute atomic E-state index is 6.29. The number of hydrogen-bond donors (Lipinski definition) is 1. The second-order valence-electron chi connectivity index (χ2n) is 4.07. The Bertz CT molecular complexity index is 527. The van der Waals surface area contributed by atoms with Crippen LogP contribution in [0.15, 0.2) is 53.0 Å². The molecule has 0 aliphatic rings. The van der Waals surface area contributed by atoms with Gasteiger partial charge in [0.05, 0.1) is 6.04 Å². The van der Waals surface area contributed by atoms with Gasteiger partial charge in [-0.1, -0.05) is 64.8 Å². The van der Waals surface area contributed by atoms with Gasteiger partial charge in [0.1, 0.15) is 0 Å². The quantitative estimate of drug-likeness (QED) is 0.851. The SMILES string of the molecule is CCNC(c1cccc(Br)c1)c1ccccc1Cl. The average molecular weight is 325 g/mol. The highest BCUT2D eigenvalue weighted by molar-refractivity contribution is 9.10. The third-order valence-electron chi connectivity index (χ3n) is 2.81. The summed E-state index contributed by atoms with van der Waals surface area (Å²) in [6.45, 7) is 2.99. The van der Waals surface area contributed by atoms with Crippen molar-refractivity contribution in [2.75, 3.05) is 6.54 Å². The van der Waals surface area contributed by atoms with E-state index in [4.69, 9.17) is 11.6 Å². The highest BCUT2D eigenvalue weighted by Crippen LogP contribution is 2.29.